The van der Waals surface area contributed by atoms with Gasteiger partial charge < -0.3 is 4.74 Å². The molecule has 0 unspecified atom stereocenters. The number of hydrogen-bond donors (Lipinski definition) is 0. The lowest BCUT2D eigenvalue weighted by Crippen LogP contribution is -1.84. The highest BCUT2D eigenvalue weighted by molar-refractivity contribution is 5.21. The second-order valence-electron chi connectivity index (χ2n) is 5.46. The fraction of sp³-hybridized carbons (Fsp3) is 0.600. The zero-order chi connectivity index (χ0) is 17.5. The van der Waals surface area contributed by atoms with Crippen molar-refractivity contribution in [2.75, 3.05) is 13.2 Å². The lowest BCUT2D eigenvalue weighted by Gasteiger charge is -1.94. The highest BCUT2D eigenvalue weighted by Crippen LogP contribution is 2.03. The topological polar surface area (TPSA) is 9.23 Å². The molecular weight excluding hydrogens is 376 g/mol. The van der Waals surface area contributed by atoms with Crippen molar-refractivity contribution in [1.29, 1.82) is 0 Å². The molecular formula is C30H66O. The number of ether oxygens (including phenoxy) is 1. The van der Waals surface area contributed by atoms with Crippen LogP contribution in [0.4, 0.5) is 0 Å². The van der Waals surface area contributed by atoms with Crippen molar-refractivity contribution in [2.24, 2.45) is 0 Å². The summed E-state index contributed by atoms with van der Waals surface area (Å²) in [5.41, 5.74) is 5.51. The zero-order valence-corrected chi connectivity index (χ0v) is 15.9. The van der Waals surface area contributed by atoms with E-state index in [1.165, 1.54) is 22.3 Å². The van der Waals surface area contributed by atoms with Crippen LogP contribution in [0.5, 0.6) is 0 Å². The Balaban J connectivity index is -0.0000000305. The van der Waals surface area contributed by atoms with E-state index in [0.29, 0.717) is 0 Å². The molecule has 2 rings (SSSR count). The van der Waals surface area contributed by atoms with Gasteiger partial charge in [0.1, 0.15) is 0 Å². The molecule has 0 bridgehead atoms. The minimum absolute atomic E-state index is 0. The second kappa shape index (κ2) is 38.9. The molecule has 0 aromatic heterocycles. The summed E-state index contributed by atoms with van der Waals surface area (Å²) in [5.74, 6) is 0. The van der Waals surface area contributed by atoms with Crippen molar-refractivity contribution >= 4 is 0 Å². The first-order chi connectivity index (χ1) is 11.1. The van der Waals surface area contributed by atoms with Crippen LogP contribution < -0.4 is 0 Å². The quantitative estimate of drug-likeness (QED) is 0.457. The number of aryl methyl sites for hydroxylation is 4. The number of hydrogen-bond acceptors (Lipinski definition) is 1. The minimum atomic E-state index is 0. The Kier molecular flexibility index (Phi) is 71.6. The van der Waals surface area contributed by atoms with Gasteiger partial charge in [-0.25, -0.2) is 0 Å². The minimum Gasteiger partial charge on any atom is -0.382 e. The highest BCUT2D eigenvalue weighted by atomic mass is 16.5. The summed E-state index contributed by atoms with van der Waals surface area (Å²) in [6.45, 7) is 14.2. The maximum Gasteiger partial charge on any atom is 0.0437 e. The van der Waals surface area contributed by atoms with Crippen LogP contribution in [0.25, 0.3) is 0 Å². The van der Waals surface area contributed by atoms with E-state index in [1.54, 1.807) is 0 Å². The molecule has 1 heteroatoms. The first-order valence-corrected chi connectivity index (χ1v) is 8.76. The summed E-state index contributed by atoms with van der Waals surface area (Å²) in [6.07, 6.45) is 2.28. The van der Waals surface area contributed by atoms with Gasteiger partial charge in [0.15, 0.2) is 0 Å². The predicted octanol–water partition coefficient (Wildman–Crippen LogP) is 11.2. The maximum absolute atomic E-state index is 4.83. The molecule has 0 fully saturated rings. The molecule has 31 heavy (non-hydrogen) atoms. The Hall–Kier alpha value is -1.60. The van der Waals surface area contributed by atoms with Gasteiger partial charge in [0.2, 0.25) is 0 Å². The van der Waals surface area contributed by atoms with Crippen LogP contribution in [-0.2, 0) is 17.6 Å². The highest BCUT2D eigenvalue weighted by Gasteiger charge is 1.85. The lowest BCUT2D eigenvalue weighted by atomic mass is 10.1. The molecule has 0 N–H and O–H groups in total. The molecule has 0 saturated heterocycles. The summed E-state index contributed by atoms with van der Waals surface area (Å²) in [4.78, 5) is 0. The molecule has 0 spiro atoms. The molecule has 1 nitrogen and oxygen atoms in total. The van der Waals surface area contributed by atoms with Gasteiger partial charge in [-0.1, -0.05) is 133 Å². The van der Waals surface area contributed by atoms with Crippen molar-refractivity contribution in [3.8, 4) is 0 Å². The monoisotopic (exact) mass is 443 g/mol. The normalized spacial score (nSPS) is 6.90. The molecule has 0 atom stereocenters. The third kappa shape index (κ3) is 33.2. The van der Waals surface area contributed by atoms with Crippen molar-refractivity contribution in [1.82, 2.24) is 0 Å². The molecule has 0 amide bonds. The van der Waals surface area contributed by atoms with Gasteiger partial charge in [-0.3, -0.25) is 0 Å². The summed E-state index contributed by atoms with van der Waals surface area (Å²) < 4.78 is 4.83. The maximum atomic E-state index is 4.83. The molecule has 0 aliphatic heterocycles. The van der Waals surface area contributed by atoms with E-state index < -0.39 is 0 Å². The van der Waals surface area contributed by atoms with E-state index in [2.05, 4.69) is 76.2 Å². The number of rotatable bonds is 4. The Morgan fingerprint density at radius 2 is 0.677 bits per heavy atom. The van der Waals surface area contributed by atoms with Gasteiger partial charge in [0.25, 0.3) is 0 Å². The third-order valence-electron chi connectivity index (χ3n) is 3.47. The summed E-state index contributed by atoms with van der Waals surface area (Å²) in [6, 6.07) is 17.3. The van der Waals surface area contributed by atoms with Crippen LogP contribution in [0.15, 0.2) is 48.5 Å². The van der Waals surface area contributed by atoms with Crippen LogP contribution in [-0.4, -0.2) is 13.2 Å². The molecule has 0 radical (unpaired) electrons. The number of benzene rings is 2. The Morgan fingerprint density at radius 3 is 0.806 bits per heavy atom. The Bertz CT molecular complexity index is 435. The van der Waals surface area contributed by atoms with Crippen molar-refractivity contribution in [2.45, 2.75) is 114 Å². The summed E-state index contributed by atoms with van der Waals surface area (Å²) in [5, 5.41) is 0. The van der Waals surface area contributed by atoms with E-state index in [-0.39, 0.29) is 59.4 Å². The molecule has 2 aromatic carbocycles. The molecule has 0 heterocycles. The average Bonchev–Trinajstić information content (AvgIpc) is 2.58. The molecule has 0 saturated carbocycles. The molecule has 0 aliphatic carbocycles. The van der Waals surface area contributed by atoms with Crippen LogP contribution >= 0.6 is 0 Å². The summed E-state index contributed by atoms with van der Waals surface area (Å²) >= 11 is 0. The molecule has 192 valence electrons. The smallest absolute Gasteiger partial charge is 0.0437 e. The SMILES string of the molecule is C.C.C.C.C.C.C.C.CCOCC.CCc1ccc(C)cc1.CCc1ccc(C)cc1. The predicted molar refractivity (Wildman–Crippen MR) is 157 cm³/mol. The van der Waals surface area contributed by atoms with E-state index >= 15 is 0 Å². The van der Waals surface area contributed by atoms with Crippen molar-refractivity contribution in [3.05, 3.63) is 70.8 Å². The summed E-state index contributed by atoms with van der Waals surface area (Å²) in [7, 11) is 0. The van der Waals surface area contributed by atoms with E-state index in [1.807, 2.05) is 13.8 Å². The fourth-order valence-corrected chi connectivity index (χ4v) is 1.85. The van der Waals surface area contributed by atoms with Crippen LogP contribution in [0.1, 0.15) is 109 Å². The van der Waals surface area contributed by atoms with Gasteiger partial charge in [-0.15, -0.1) is 0 Å². The van der Waals surface area contributed by atoms with Gasteiger partial charge in [-0.05, 0) is 51.7 Å². The zero-order valence-electron chi connectivity index (χ0n) is 15.9. The van der Waals surface area contributed by atoms with E-state index in [9.17, 15) is 0 Å². The van der Waals surface area contributed by atoms with Crippen LogP contribution in [0.2, 0.25) is 0 Å². The van der Waals surface area contributed by atoms with Crippen molar-refractivity contribution < 1.29 is 4.74 Å². The fourth-order valence-electron chi connectivity index (χ4n) is 1.85. The van der Waals surface area contributed by atoms with Gasteiger partial charge in [0.05, 0.1) is 0 Å². The average molecular weight is 443 g/mol. The van der Waals surface area contributed by atoms with Crippen LogP contribution in [0, 0.1) is 13.8 Å². The van der Waals surface area contributed by atoms with E-state index in [0.717, 1.165) is 26.1 Å². The third-order valence-corrected chi connectivity index (χ3v) is 3.47. The van der Waals surface area contributed by atoms with Gasteiger partial charge >= 0.3 is 0 Å². The Labute approximate surface area is 202 Å². The van der Waals surface area contributed by atoms with Crippen molar-refractivity contribution in [3.63, 3.8) is 0 Å². The molecule has 0 aliphatic rings. The first kappa shape index (κ1) is 57.0. The molecule has 2 aromatic rings. The first-order valence-electron chi connectivity index (χ1n) is 8.76. The standard InChI is InChI=1S/2C9H12.C4H10O.8CH4/c2*1-3-9-6-4-8(2)5-7-9;1-3-5-4-2;;;;;;;;/h2*4-7H,3H2,1-2H3;3-4H2,1-2H3;8*1H4. The van der Waals surface area contributed by atoms with E-state index in [4.69, 9.17) is 4.74 Å². The van der Waals surface area contributed by atoms with Crippen LogP contribution in [0.3, 0.4) is 0 Å². The van der Waals surface area contributed by atoms with Gasteiger partial charge in [-0.2, -0.15) is 0 Å². The Morgan fingerprint density at radius 1 is 0.452 bits per heavy atom. The van der Waals surface area contributed by atoms with Gasteiger partial charge in [0, 0.05) is 13.2 Å². The lowest BCUT2D eigenvalue weighted by molar-refractivity contribution is 0.162. The largest absolute Gasteiger partial charge is 0.382 e. The second-order valence-corrected chi connectivity index (χ2v) is 5.46.